The molecule has 188 valence electrons. The number of benzene rings is 1. The Bertz CT molecular complexity index is 1220. The van der Waals surface area contributed by atoms with Crippen molar-refractivity contribution in [3.63, 3.8) is 0 Å². The van der Waals surface area contributed by atoms with Gasteiger partial charge in [-0.05, 0) is 68.9 Å². The van der Waals surface area contributed by atoms with Crippen LogP contribution >= 0.6 is 11.3 Å². The Morgan fingerprint density at radius 2 is 2.00 bits per heavy atom. The van der Waals surface area contributed by atoms with E-state index < -0.39 is 12.1 Å². The van der Waals surface area contributed by atoms with Crippen LogP contribution in [0.5, 0.6) is 5.75 Å². The first-order valence-corrected chi connectivity index (χ1v) is 13.7. The maximum atomic E-state index is 13.5. The number of carbonyl (C=O) groups excluding carboxylic acids is 2. The number of thiazole rings is 1. The molecule has 36 heavy (non-hydrogen) atoms. The van der Waals surface area contributed by atoms with E-state index in [4.69, 9.17) is 14.5 Å². The van der Waals surface area contributed by atoms with Gasteiger partial charge in [-0.3, -0.25) is 14.7 Å². The molecule has 7 nitrogen and oxygen atoms in total. The minimum Gasteiger partial charge on any atom is -0.478 e. The fourth-order valence-corrected chi connectivity index (χ4v) is 5.72. The molecule has 2 aliphatic rings. The molecule has 2 unspecified atom stereocenters. The Balaban J connectivity index is 1.48. The Kier molecular flexibility index (Phi) is 7.32. The van der Waals surface area contributed by atoms with Gasteiger partial charge in [0.2, 0.25) is 0 Å². The Labute approximate surface area is 215 Å². The van der Waals surface area contributed by atoms with E-state index in [2.05, 4.69) is 4.98 Å². The number of hydrogen-bond acceptors (Lipinski definition) is 7. The third kappa shape index (κ3) is 4.87. The second-order valence-electron chi connectivity index (χ2n) is 9.28. The van der Waals surface area contributed by atoms with Crippen molar-refractivity contribution >= 4 is 28.9 Å². The molecule has 2 aromatic heterocycles. The van der Waals surface area contributed by atoms with Crippen LogP contribution in [0.1, 0.15) is 58.8 Å². The number of amides is 1. The second kappa shape index (κ2) is 10.8. The van der Waals surface area contributed by atoms with Crippen molar-refractivity contribution in [1.29, 1.82) is 0 Å². The van der Waals surface area contributed by atoms with Gasteiger partial charge in [-0.15, -0.1) is 11.3 Å². The Morgan fingerprint density at radius 3 is 2.72 bits per heavy atom. The van der Waals surface area contributed by atoms with E-state index in [1.165, 1.54) is 17.8 Å². The summed E-state index contributed by atoms with van der Waals surface area (Å²) in [6.07, 6.45) is 7.13. The number of nitrogens with zero attached hydrogens (tertiary/aromatic N) is 3. The average Bonchev–Trinajstić information content (AvgIpc) is 3.41. The van der Waals surface area contributed by atoms with Crippen molar-refractivity contribution in [2.24, 2.45) is 0 Å². The summed E-state index contributed by atoms with van der Waals surface area (Å²) in [5, 5.41) is 2.80. The molecule has 1 aliphatic carbocycles. The van der Waals surface area contributed by atoms with E-state index in [1.54, 1.807) is 11.1 Å². The number of ether oxygens (including phenoxy) is 2. The van der Waals surface area contributed by atoms with Crippen LogP contribution in [0.4, 0.5) is 5.69 Å². The molecule has 0 saturated heterocycles. The number of pyridine rings is 1. The summed E-state index contributed by atoms with van der Waals surface area (Å²) in [7, 11) is 0. The maximum absolute atomic E-state index is 13.5. The van der Waals surface area contributed by atoms with Gasteiger partial charge in [-0.2, -0.15) is 0 Å². The summed E-state index contributed by atoms with van der Waals surface area (Å²) in [4.78, 5) is 37.6. The van der Waals surface area contributed by atoms with Gasteiger partial charge in [-0.25, -0.2) is 9.78 Å². The molecule has 8 heteroatoms. The smallest absolute Gasteiger partial charge is 0.329 e. The highest BCUT2D eigenvalue weighted by Crippen LogP contribution is 2.40. The Morgan fingerprint density at radius 1 is 1.17 bits per heavy atom. The van der Waals surface area contributed by atoms with E-state index >= 15 is 0 Å². The number of aromatic nitrogens is 2. The lowest BCUT2D eigenvalue weighted by Gasteiger charge is -2.38. The van der Waals surface area contributed by atoms with Crippen molar-refractivity contribution < 1.29 is 19.1 Å². The zero-order valence-electron chi connectivity index (χ0n) is 20.7. The van der Waals surface area contributed by atoms with E-state index in [-0.39, 0.29) is 18.0 Å². The highest BCUT2D eigenvalue weighted by Gasteiger charge is 2.41. The highest BCUT2D eigenvalue weighted by atomic mass is 32.1. The predicted molar refractivity (Wildman–Crippen MR) is 140 cm³/mol. The molecule has 0 N–H and O–H groups in total. The largest absolute Gasteiger partial charge is 0.478 e. The minimum absolute atomic E-state index is 0.0655. The minimum atomic E-state index is -0.703. The first-order chi connectivity index (χ1) is 17.6. The molecular formula is C28H31N3O4S. The van der Waals surface area contributed by atoms with E-state index in [1.807, 2.05) is 55.6 Å². The van der Waals surface area contributed by atoms with Gasteiger partial charge in [0.05, 0.1) is 17.1 Å². The van der Waals surface area contributed by atoms with Crippen LogP contribution in [0.15, 0.2) is 48.0 Å². The normalized spacial score (nSPS) is 18.9. The van der Waals surface area contributed by atoms with Crippen LogP contribution in [-0.4, -0.2) is 40.1 Å². The Hall–Kier alpha value is -3.26. The second-order valence-corrected chi connectivity index (χ2v) is 10.1. The standard InChI is InChI=1S/C28H31N3O4S/c1-3-22(28(33)34-19-10-6-5-7-11-19)31-23-16-18(13-14-25(23)35-24(4-2)27(31)32)21-17-36-26(30-21)20-12-8-9-15-29-20/h8-9,12-17,19,22,24H,3-7,10-11H2,1-2H3. The monoisotopic (exact) mass is 505 g/mol. The molecule has 2 atom stereocenters. The van der Waals surface area contributed by atoms with Crippen molar-refractivity contribution in [3.05, 3.63) is 48.0 Å². The van der Waals surface area contributed by atoms with E-state index in [0.717, 1.165) is 47.6 Å². The summed E-state index contributed by atoms with van der Waals surface area (Å²) < 4.78 is 11.9. The third-order valence-corrected chi connectivity index (χ3v) is 7.73. The van der Waals surface area contributed by atoms with Gasteiger partial charge in [0.15, 0.2) is 6.10 Å². The summed E-state index contributed by atoms with van der Waals surface area (Å²) in [5.41, 5.74) is 3.03. The van der Waals surface area contributed by atoms with Crippen LogP contribution in [0.25, 0.3) is 22.0 Å². The quantitative estimate of drug-likeness (QED) is 0.365. The van der Waals surface area contributed by atoms with Gasteiger partial charge in [-0.1, -0.05) is 26.3 Å². The first kappa shape index (κ1) is 24.4. The van der Waals surface area contributed by atoms with Gasteiger partial charge in [0, 0.05) is 17.1 Å². The fraction of sp³-hybridized carbons (Fsp3) is 0.429. The zero-order valence-corrected chi connectivity index (χ0v) is 21.5. The lowest BCUT2D eigenvalue weighted by molar-refractivity contribution is -0.153. The number of fused-ring (bicyclic) bond motifs is 1. The highest BCUT2D eigenvalue weighted by molar-refractivity contribution is 7.13. The predicted octanol–water partition coefficient (Wildman–Crippen LogP) is 6.03. The molecule has 1 aromatic carbocycles. The molecule has 0 radical (unpaired) electrons. The van der Waals surface area contributed by atoms with Crippen LogP contribution in [0.2, 0.25) is 0 Å². The number of anilines is 1. The van der Waals surface area contributed by atoms with Crippen LogP contribution in [0, 0.1) is 0 Å². The zero-order chi connectivity index (χ0) is 25.1. The molecule has 1 saturated carbocycles. The average molecular weight is 506 g/mol. The summed E-state index contributed by atoms with van der Waals surface area (Å²) in [5.74, 6) is 0.0493. The van der Waals surface area contributed by atoms with Gasteiger partial charge >= 0.3 is 5.97 Å². The van der Waals surface area contributed by atoms with Crippen molar-refractivity contribution in [2.75, 3.05) is 4.90 Å². The van der Waals surface area contributed by atoms with Crippen molar-refractivity contribution in [3.8, 4) is 27.7 Å². The summed E-state index contributed by atoms with van der Waals surface area (Å²) in [6.45, 7) is 3.83. The third-order valence-electron chi connectivity index (χ3n) is 6.86. The van der Waals surface area contributed by atoms with Crippen molar-refractivity contribution in [2.45, 2.75) is 77.0 Å². The molecule has 1 amide bonds. The maximum Gasteiger partial charge on any atom is 0.329 e. The summed E-state index contributed by atoms with van der Waals surface area (Å²) in [6, 6.07) is 10.7. The van der Waals surface area contributed by atoms with E-state index in [0.29, 0.717) is 24.3 Å². The molecule has 3 heterocycles. The summed E-state index contributed by atoms with van der Waals surface area (Å²) >= 11 is 1.52. The molecule has 1 fully saturated rings. The fourth-order valence-electron chi connectivity index (χ4n) is 4.92. The van der Waals surface area contributed by atoms with Crippen LogP contribution in [-0.2, 0) is 14.3 Å². The van der Waals surface area contributed by atoms with Crippen molar-refractivity contribution in [1.82, 2.24) is 9.97 Å². The molecule has 0 bridgehead atoms. The van der Waals surface area contributed by atoms with Crippen LogP contribution in [0.3, 0.4) is 0 Å². The number of esters is 1. The van der Waals surface area contributed by atoms with Gasteiger partial charge in [0.25, 0.3) is 5.91 Å². The lowest BCUT2D eigenvalue weighted by atomic mass is 9.97. The number of rotatable bonds is 7. The first-order valence-electron chi connectivity index (χ1n) is 12.8. The molecule has 0 spiro atoms. The molecule has 1 aliphatic heterocycles. The lowest BCUT2D eigenvalue weighted by Crippen LogP contribution is -2.54. The number of hydrogen-bond donors (Lipinski definition) is 0. The van der Waals surface area contributed by atoms with Gasteiger partial charge < -0.3 is 9.47 Å². The molecule has 5 rings (SSSR count). The molecular weight excluding hydrogens is 474 g/mol. The number of carbonyl (C=O) groups is 2. The topological polar surface area (TPSA) is 81.6 Å². The SMILES string of the molecule is CCC1Oc2ccc(-c3csc(-c4ccccn4)n3)cc2N(C(CC)C(=O)OC2CCCCC2)C1=O. The van der Waals surface area contributed by atoms with Gasteiger partial charge in [0.1, 0.15) is 22.9 Å². The van der Waals surface area contributed by atoms with E-state index in [9.17, 15) is 9.59 Å². The van der Waals surface area contributed by atoms with Crippen LogP contribution < -0.4 is 9.64 Å². The molecule has 3 aromatic rings.